The first-order chi connectivity index (χ1) is 14.6. The highest BCUT2D eigenvalue weighted by Crippen LogP contribution is 2.28. The van der Waals surface area contributed by atoms with Crippen molar-refractivity contribution in [1.29, 1.82) is 0 Å². The summed E-state index contributed by atoms with van der Waals surface area (Å²) in [5.41, 5.74) is 0.878. The molecule has 2 aliphatic heterocycles. The Balaban J connectivity index is 1.49. The van der Waals surface area contributed by atoms with E-state index in [-0.39, 0.29) is 18.5 Å². The fourth-order valence-electron chi connectivity index (χ4n) is 4.29. The Morgan fingerprint density at radius 2 is 1.83 bits per heavy atom. The third-order valence-corrected chi connectivity index (χ3v) is 5.80. The minimum Gasteiger partial charge on any atom is -0.494 e. The molecule has 9 nitrogen and oxygen atoms in total. The number of nitrogens with one attached hydrogen (secondary N) is 1. The van der Waals surface area contributed by atoms with E-state index in [1.807, 2.05) is 36.1 Å². The summed E-state index contributed by atoms with van der Waals surface area (Å²) in [5, 5.41) is 7.42. The van der Waals surface area contributed by atoms with E-state index in [9.17, 15) is 14.4 Å². The van der Waals surface area contributed by atoms with Crippen molar-refractivity contribution in [2.24, 2.45) is 5.11 Å². The second-order valence-electron chi connectivity index (χ2n) is 7.85. The predicted octanol–water partition coefficient (Wildman–Crippen LogP) is 1.47. The molecule has 0 bridgehead atoms. The minimum absolute atomic E-state index is 0.144. The smallest absolute Gasteiger partial charge is 0.494 e. The van der Waals surface area contributed by atoms with Gasteiger partial charge in [0.25, 0.3) is 18.7 Å². The summed E-state index contributed by atoms with van der Waals surface area (Å²) >= 11 is 0. The molecule has 3 aliphatic rings. The minimum atomic E-state index is -0.751. The third-order valence-electron chi connectivity index (χ3n) is 5.80. The van der Waals surface area contributed by atoms with Crippen molar-refractivity contribution >= 4 is 23.4 Å². The molecule has 2 heterocycles. The number of anilines is 1. The van der Waals surface area contributed by atoms with Gasteiger partial charge < -0.3 is 15.0 Å². The van der Waals surface area contributed by atoms with Gasteiger partial charge in [-0.3, -0.25) is 14.5 Å². The first kappa shape index (κ1) is 20.3. The molecule has 1 aromatic carbocycles. The van der Waals surface area contributed by atoms with Crippen molar-refractivity contribution in [1.82, 2.24) is 10.2 Å². The van der Waals surface area contributed by atoms with Crippen LogP contribution in [0.3, 0.4) is 0 Å². The van der Waals surface area contributed by atoms with Crippen molar-refractivity contribution in [3.8, 4) is 5.75 Å². The van der Waals surface area contributed by atoms with Crippen molar-refractivity contribution in [2.45, 2.75) is 51.4 Å². The van der Waals surface area contributed by atoms with E-state index < -0.39 is 18.1 Å². The number of hydrogen-bond acceptors (Lipinski definition) is 6. The van der Waals surface area contributed by atoms with E-state index in [1.54, 1.807) is 0 Å². The molecule has 4 rings (SSSR count). The number of azo groups is 2. The third kappa shape index (κ3) is 4.15. The Kier molecular flexibility index (Phi) is 5.96. The van der Waals surface area contributed by atoms with Crippen LogP contribution in [0.1, 0.15) is 39.0 Å². The number of rotatable bonds is 6. The topological polar surface area (TPSA) is 94.3 Å². The maximum absolute atomic E-state index is 12.6. The van der Waals surface area contributed by atoms with E-state index in [2.05, 4.69) is 10.4 Å². The summed E-state index contributed by atoms with van der Waals surface area (Å²) in [6, 6.07) is 7.69. The summed E-state index contributed by atoms with van der Waals surface area (Å²) in [4.78, 5) is 40.9. The van der Waals surface area contributed by atoms with Gasteiger partial charge in [0.15, 0.2) is 0 Å². The maximum atomic E-state index is 12.6. The molecule has 1 aromatic rings. The Morgan fingerprint density at radius 1 is 1.13 bits per heavy atom. The van der Waals surface area contributed by atoms with Gasteiger partial charge >= 0.3 is 11.8 Å². The van der Waals surface area contributed by atoms with Crippen LogP contribution in [0.15, 0.2) is 29.4 Å². The summed E-state index contributed by atoms with van der Waals surface area (Å²) < 4.78 is 6.50. The first-order valence-corrected chi connectivity index (χ1v) is 10.7. The Bertz CT molecular complexity index is 847. The lowest BCUT2D eigenvalue weighted by Crippen LogP contribution is -2.53. The molecule has 1 aliphatic carbocycles. The molecule has 3 amide bonds. The van der Waals surface area contributed by atoms with Gasteiger partial charge in [0.1, 0.15) is 5.75 Å². The Labute approximate surface area is 175 Å². The van der Waals surface area contributed by atoms with Crippen LogP contribution in [0.25, 0.3) is 0 Å². The normalized spacial score (nSPS) is 22.0. The van der Waals surface area contributed by atoms with Crippen LogP contribution in [0.5, 0.6) is 5.75 Å². The molecule has 1 saturated heterocycles. The Morgan fingerprint density at radius 3 is 2.53 bits per heavy atom. The van der Waals surface area contributed by atoms with Crippen LogP contribution >= 0.6 is 0 Å². The van der Waals surface area contributed by atoms with E-state index in [0.717, 1.165) is 41.8 Å². The summed E-state index contributed by atoms with van der Waals surface area (Å²) in [6.45, 7) is 3.25. The number of carbonyl (C=O) groups is 3. The number of ether oxygens (including phenoxy) is 1. The molecule has 30 heavy (non-hydrogen) atoms. The molecule has 1 unspecified atom stereocenters. The zero-order chi connectivity index (χ0) is 21.1. The second-order valence-corrected chi connectivity index (χ2v) is 7.85. The van der Waals surface area contributed by atoms with Gasteiger partial charge in [-0.25, -0.2) is 4.79 Å². The van der Waals surface area contributed by atoms with Crippen LogP contribution in [0.4, 0.5) is 5.69 Å². The fraction of sp³-hybridized carbons (Fsp3) is 0.571. The van der Waals surface area contributed by atoms with Crippen LogP contribution in [0.2, 0.25) is 0 Å². The second kappa shape index (κ2) is 8.81. The van der Waals surface area contributed by atoms with Gasteiger partial charge in [-0.15, -0.1) is 0 Å². The molecule has 160 valence electrons. The largest absolute Gasteiger partial charge is 0.502 e. The van der Waals surface area contributed by atoms with Gasteiger partial charge in [0.05, 0.1) is 6.61 Å². The SMILES string of the molecule is CCOc1ccc(N2CCN3C(=O)C(=O)[N+](CC(=O)NC4CCCCC4)=NC32)cc1. The average Bonchev–Trinajstić information content (AvgIpc) is 3.17. The number of amides is 3. The quantitative estimate of drug-likeness (QED) is 0.562. The van der Waals surface area contributed by atoms with Gasteiger partial charge in [0, 0.05) is 29.9 Å². The number of hydrogen-bond donors (Lipinski definition) is 1. The molecule has 1 saturated carbocycles. The molecule has 0 radical (unpaired) electrons. The zero-order valence-electron chi connectivity index (χ0n) is 17.2. The Hall–Kier alpha value is -2.97. The standard InChI is InChI=1S/C21H27N5O4/c1-2-30-17-10-8-16(9-11-17)24-12-13-25-19(28)20(29)26(23-21(24)25)14-18(27)22-15-6-4-3-5-7-15/h8-11,15,21H,2-7,12-14H2,1H3/p+1. The maximum Gasteiger partial charge on any atom is 0.502 e. The molecule has 1 atom stereocenters. The number of fused-ring (bicyclic) bond motifs is 1. The van der Waals surface area contributed by atoms with Gasteiger partial charge in [-0.05, 0) is 48.7 Å². The summed E-state index contributed by atoms with van der Waals surface area (Å²) in [5.74, 6) is -0.872. The number of benzene rings is 1. The molecule has 0 aromatic heterocycles. The molecule has 0 spiro atoms. The summed E-state index contributed by atoms with van der Waals surface area (Å²) in [7, 11) is 0. The molecular formula is C21H28N5O4+. The van der Waals surface area contributed by atoms with E-state index in [1.165, 1.54) is 11.3 Å². The average molecular weight is 414 g/mol. The van der Waals surface area contributed by atoms with E-state index in [0.29, 0.717) is 19.7 Å². The van der Waals surface area contributed by atoms with Crippen molar-refractivity contribution in [2.75, 3.05) is 31.1 Å². The molecule has 9 heteroatoms. The number of carbonyl (C=O) groups excluding carboxylic acids is 3. The van der Waals surface area contributed by atoms with Crippen molar-refractivity contribution < 1.29 is 23.8 Å². The van der Waals surface area contributed by atoms with Crippen molar-refractivity contribution in [3.05, 3.63) is 24.3 Å². The highest BCUT2D eigenvalue weighted by molar-refractivity contribution is 6.31. The first-order valence-electron chi connectivity index (χ1n) is 10.7. The summed E-state index contributed by atoms with van der Waals surface area (Å²) in [6.07, 6.45) is 4.68. The molecular weight excluding hydrogens is 386 g/mol. The van der Waals surface area contributed by atoms with Gasteiger partial charge in [0.2, 0.25) is 0 Å². The lowest BCUT2D eigenvalue weighted by molar-refractivity contribution is -0.509. The predicted molar refractivity (Wildman–Crippen MR) is 108 cm³/mol. The van der Waals surface area contributed by atoms with Gasteiger partial charge in [-0.1, -0.05) is 19.3 Å². The highest BCUT2D eigenvalue weighted by Gasteiger charge is 2.49. The molecule has 2 fully saturated rings. The van der Waals surface area contributed by atoms with E-state index in [4.69, 9.17) is 4.74 Å². The molecule has 1 N–H and O–H groups in total. The van der Waals surface area contributed by atoms with Crippen LogP contribution < -0.4 is 15.0 Å². The van der Waals surface area contributed by atoms with Crippen molar-refractivity contribution in [3.63, 3.8) is 0 Å². The van der Waals surface area contributed by atoms with Gasteiger partial charge in [-0.2, -0.15) is 0 Å². The lowest BCUT2D eigenvalue weighted by Gasteiger charge is -2.27. The monoisotopic (exact) mass is 414 g/mol. The lowest BCUT2D eigenvalue weighted by atomic mass is 9.95. The van der Waals surface area contributed by atoms with Crippen LogP contribution in [-0.4, -0.2) is 65.9 Å². The zero-order valence-corrected chi connectivity index (χ0v) is 17.2. The highest BCUT2D eigenvalue weighted by atomic mass is 16.5. The van der Waals surface area contributed by atoms with Crippen LogP contribution in [0, 0.1) is 0 Å². The number of nitrogens with zero attached hydrogens (tertiary/aromatic N) is 4. The van der Waals surface area contributed by atoms with Crippen LogP contribution in [-0.2, 0) is 14.4 Å². The fourth-order valence-corrected chi connectivity index (χ4v) is 4.29. The van der Waals surface area contributed by atoms with E-state index >= 15 is 0 Å².